The fourth-order valence-electron chi connectivity index (χ4n) is 4.50. The van der Waals surface area contributed by atoms with Crippen LogP contribution in [0.1, 0.15) is 17.0 Å². The Balaban J connectivity index is 1.30. The minimum absolute atomic E-state index is 0.00198. The summed E-state index contributed by atoms with van der Waals surface area (Å²) in [5, 5.41) is 13.4. The Morgan fingerprint density at radius 2 is 1.53 bits per heavy atom. The number of nitrogens with one attached hydrogen (secondary N) is 3. The van der Waals surface area contributed by atoms with Gasteiger partial charge in [0.1, 0.15) is 11.1 Å². The average molecular weight is 639 g/mol. The van der Waals surface area contributed by atoms with E-state index in [0.717, 1.165) is 5.56 Å². The maximum atomic E-state index is 13.4. The Bertz CT molecular complexity index is 2160. The third-order valence-corrected chi connectivity index (χ3v) is 8.80. The molecule has 4 N–H and O–H groups in total. The van der Waals surface area contributed by atoms with Crippen LogP contribution in [0.2, 0.25) is 0 Å². The lowest BCUT2D eigenvalue weighted by Crippen LogP contribution is -2.16. The van der Waals surface area contributed by atoms with Gasteiger partial charge in [-0.15, -0.1) is 0 Å². The van der Waals surface area contributed by atoms with Gasteiger partial charge in [0.15, 0.2) is 10.8 Å². The summed E-state index contributed by atoms with van der Waals surface area (Å²) >= 11 is 1.41. The molecule has 226 valence electrons. The van der Waals surface area contributed by atoms with Crippen molar-refractivity contribution in [1.29, 1.82) is 0 Å². The van der Waals surface area contributed by atoms with Gasteiger partial charge in [-0.1, -0.05) is 42.1 Å². The summed E-state index contributed by atoms with van der Waals surface area (Å²) in [6, 6.07) is 23.9. The lowest BCUT2D eigenvalue weighted by molar-refractivity contribution is 0.475. The summed E-state index contributed by atoms with van der Waals surface area (Å²) in [5.41, 5.74) is 3.54. The van der Waals surface area contributed by atoms with Gasteiger partial charge >= 0.3 is 0 Å². The molecule has 12 nitrogen and oxygen atoms in total. The quantitative estimate of drug-likeness (QED) is 0.119. The predicted octanol–water partition coefficient (Wildman–Crippen LogP) is 5.33. The number of benzene rings is 3. The van der Waals surface area contributed by atoms with E-state index in [-0.39, 0.29) is 33.6 Å². The van der Waals surface area contributed by atoms with Crippen molar-refractivity contribution in [2.24, 2.45) is 0 Å². The highest BCUT2D eigenvalue weighted by atomic mass is 32.2. The first kappa shape index (κ1) is 29.7. The number of phenols is 1. The van der Waals surface area contributed by atoms with Crippen LogP contribution in [0.5, 0.6) is 5.75 Å². The maximum absolute atomic E-state index is 13.4. The Hall–Kier alpha value is -5.34. The lowest BCUT2D eigenvalue weighted by Gasteiger charge is -2.11. The van der Waals surface area contributed by atoms with E-state index in [4.69, 9.17) is 0 Å². The summed E-state index contributed by atoms with van der Waals surface area (Å²) in [5.74, 6) is 0.791. The van der Waals surface area contributed by atoms with E-state index in [2.05, 4.69) is 39.9 Å². The van der Waals surface area contributed by atoms with Crippen molar-refractivity contribution in [2.75, 3.05) is 10.0 Å². The minimum Gasteiger partial charge on any atom is -0.508 e. The molecule has 3 heterocycles. The molecule has 6 rings (SSSR count). The number of hydrogen-bond donors (Lipinski definition) is 4. The first-order chi connectivity index (χ1) is 21.6. The minimum atomic E-state index is -3.95. The van der Waals surface area contributed by atoms with E-state index in [1.807, 2.05) is 30.3 Å². The van der Waals surface area contributed by atoms with Gasteiger partial charge in [0, 0.05) is 28.4 Å². The van der Waals surface area contributed by atoms with Crippen LogP contribution < -0.4 is 15.6 Å². The van der Waals surface area contributed by atoms with Crippen molar-refractivity contribution in [3.8, 4) is 17.0 Å². The monoisotopic (exact) mass is 638 g/mol. The second kappa shape index (κ2) is 12.3. The number of hydrogen-bond acceptors (Lipinski definition) is 11. The van der Waals surface area contributed by atoms with E-state index in [9.17, 15) is 18.3 Å². The third-order valence-electron chi connectivity index (χ3n) is 6.53. The number of anilines is 3. The van der Waals surface area contributed by atoms with Gasteiger partial charge in [0.05, 0.1) is 10.6 Å². The van der Waals surface area contributed by atoms with Crippen LogP contribution in [-0.2, 0) is 15.8 Å². The molecule has 0 saturated carbocycles. The van der Waals surface area contributed by atoms with Gasteiger partial charge in [0.2, 0.25) is 11.9 Å². The number of fused-ring (bicyclic) bond motifs is 1. The van der Waals surface area contributed by atoms with Crippen LogP contribution in [0.4, 0.5) is 17.6 Å². The third kappa shape index (κ3) is 6.92. The smallest absolute Gasteiger partial charge is 0.264 e. The standard InChI is InChI=1S/C31H26N8O4S2/c1-18-16-19(2)33-30(32-18)39-45(42,43)24-14-10-22(11-15-24)34-29-36-27-25(28(41)38-29)26(21-8-12-23(40)13-9-21)35-31(37-27)44-17-20-6-4-3-5-7-20/h3-16,40H,17H2,1-2H3,(H,32,33,39)(H2,34,35,36,37,38,41). The molecule has 0 spiro atoms. The van der Waals surface area contributed by atoms with Crippen molar-refractivity contribution in [3.63, 3.8) is 0 Å². The second-order valence-electron chi connectivity index (χ2n) is 10.0. The molecule has 0 atom stereocenters. The Labute approximate surface area is 262 Å². The molecule has 0 saturated heterocycles. The highest BCUT2D eigenvalue weighted by molar-refractivity contribution is 7.98. The average Bonchev–Trinajstić information content (AvgIpc) is 3.00. The SMILES string of the molecule is Cc1cc(C)nc(NS(=O)(=O)c2ccc(Nc3nc4nc(SCc5ccccc5)nc(-c5ccc(O)cc5)c4c(=O)[nH]3)cc2)n1. The lowest BCUT2D eigenvalue weighted by atomic mass is 10.1. The second-order valence-corrected chi connectivity index (χ2v) is 12.6. The number of aryl methyl sites for hydroxylation is 2. The highest BCUT2D eigenvalue weighted by Crippen LogP contribution is 2.29. The molecule has 0 amide bonds. The van der Waals surface area contributed by atoms with Gasteiger partial charge in [-0.3, -0.25) is 9.78 Å². The number of phenolic OH excluding ortho intramolecular Hbond substituents is 1. The molecule has 0 aliphatic rings. The number of rotatable bonds is 9. The topological polar surface area (TPSA) is 176 Å². The molecular formula is C31H26N8O4S2. The molecule has 0 radical (unpaired) electrons. The van der Waals surface area contributed by atoms with E-state index >= 15 is 0 Å². The van der Waals surface area contributed by atoms with Gasteiger partial charge in [-0.05, 0) is 74.0 Å². The number of sulfonamides is 1. The molecule has 3 aromatic heterocycles. The van der Waals surface area contributed by atoms with E-state index in [1.54, 1.807) is 44.2 Å². The molecule has 0 bridgehead atoms. The predicted molar refractivity (Wildman–Crippen MR) is 173 cm³/mol. The van der Waals surface area contributed by atoms with Gasteiger partial charge in [-0.2, -0.15) is 4.98 Å². The molecule has 14 heteroatoms. The van der Waals surface area contributed by atoms with Crippen LogP contribution in [0.3, 0.4) is 0 Å². The first-order valence-corrected chi connectivity index (χ1v) is 16.1. The number of aromatic nitrogens is 6. The highest BCUT2D eigenvalue weighted by Gasteiger charge is 2.18. The molecule has 6 aromatic rings. The van der Waals surface area contributed by atoms with Crippen molar-refractivity contribution < 1.29 is 13.5 Å². The van der Waals surface area contributed by atoms with Gasteiger partial charge in [-0.25, -0.2) is 33.1 Å². The molecule has 0 aliphatic carbocycles. The Morgan fingerprint density at radius 3 is 2.22 bits per heavy atom. The maximum Gasteiger partial charge on any atom is 0.264 e. The largest absolute Gasteiger partial charge is 0.508 e. The molecule has 3 aromatic carbocycles. The fraction of sp³-hybridized carbons (Fsp3) is 0.0968. The Kier molecular flexibility index (Phi) is 8.15. The zero-order valence-electron chi connectivity index (χ0n) is 24.0. The van der Waals surface area contributed by atoms with Crippen LogP contribution in [0.15, 0.2) is 99.8 Å². The summed E-state index contributed by atoms with van der Waals surface area (Å²) < 4.78 is 28.3. The summed E-state index contributed by atoms with van der Waals surface area (Å²) in [6.45, 7) is 3.51. The van der Waals surface area contributed by atoms with Gasteiger partial charge < -0.3 is 10.4 Å². The van der Waals surface area contributed by atoms with Crippen LogP contribution in [0, 0.1) is 13.8 Å². The van der Waals surface area contributed by atoms with Crippen LogP contribution in [-0.4, -0.2) is 43.4 Å². The Morgan fingerprint density at radius 1 is 0.844 bits per heavy atom. The first-order valence-electron chi connectivity index (χ1n) is 13.6. The van der Waals surface area contributed by atoms with E-state index < -0.39 is 15.6 Å². The van der Waals surface area contributed by atoms with Gasteiger partial charge in [0.25, 0.3) is 15.6 Å². The van der Waals surface area contributed by atoms with E-state index in [0.29, 0.717) is 39.2 Å². The molecular weight excluding hydrogens is 613 g/mol. The number of aromatic amines is 1. The molecule has 0 unspecified atom stereocenters. The summed E-state index contributed by atoms with van der Waals surface area (Å²) in [7, 11) is -3.95. The molecule has 45 heavy (non-hydrogen) atoms. The normalized spacial score (nSPS) is 11.4. The van der Waals surface area contributed by atoms with Crippen molar-refractivity contribution in [1.82, 2.24) is 29.9 Å². The number of H-pyrrole nitrogens is 1. The summed E-state index contributed by atoms with van der Waals surface area (Å²) in [4.78, 5) is 38.2. The zero-order valence-corrected chi connectivity index (χ0v) is 25.6. The van der Waals surface area contributed by atoms with E-state index in [1.165, 1.54) is 36.0 Å². The number of thioether (sulfide) groups is 1. The van der Waals surface area contributed by atoms with Crippen LogP contribution in [0.25, 0.3) is 22.3 Å². The number of aromatic hydroxyl groups is 1. The van der Waals surface area contributed by atoms with Crippen molar-refractivity contribution in [2.45, 2.75) is 29.7 Å². The van der Waals surface area contributed by atoms with Crippen molar-refractivity contribution >= 4 is 50.4 Å². The van der Waals surface area contributed by atoms with Crippen molar-refractivity contribution in [3.05, 3.63) is 112 Å². The number of nitrogens with zero attached hydrogens (tertiary/aromatic N) is 5. The van der Waals surface area contributed by atoms with Crippen LogP contribution >= 0.6 is 11.8 Å². The summed E-state index contributed by atoms with van der Waals surface area (Å²) in [6.07, 6.45) is 0. The fourth-order valence-corrected chi connectivity index (χ4v) is 6.24. The molecule has 0 aliphatic heterocycles. The zero-order chi connectivity index (χ0) is 31.6. The molecule has 0 fully saturated rings.